The Labute approximate surface area is 129 Å². The maximum Gasteiger partial charge on any atom is 0.252 e. The number of rotatable bonds is 3. The number of benzene rings is 1. The summed E-state index contributed by atoms with van der Waals surface area (Å²) in [4.78, 5) is 14.9. The molecule has 1 amide bonds. The Hall–Kier alpha value is -1.17. The molecule has 0 saturated carbocycles. The molecule has 1 fully saturated rings. The number of piperidine rings is 1. The van der Waals surface area contributed by atoms with Crippen LogP contribution in [0.3, 0.4) is 0 Å². The average molecular weight is 312 g/mol. The van der Waals surface area contributed by atoms with Gasteiger partial charge >= 0.3 is 0 Å². The van der Waals surface area contributed by atoms with Gasteiger partial charge in [-0.05, 0) is 38.1 Å². The number of halogens is 1. The van der Waals surface area contributed by atoms with E-state index in [2.05, 4.69) is 10.2 Å². The van der Waals surface area contributed by atoms with Crippen LogP contribution in [0.4, 0.5) is 0 Å². The number of nitrogens with two attached hydrogens (primary N) is 1. The highest BCUT2D eigenvalue weighted by molar-refractivity contribution is 7.80. The van der Waals surface area contributed by atoms with E-state index in [1.807, 2.05) is 7.05 Å². The third-order valence-corrected chi connectivity index (χ3v) is 4.38. The van der Waals surface area contributed by atoms with Gasteiger partial charge in [0, 0.05) is 23.7 Å². The van der Waals surface area contributed by atoms with Gasteiger partial charge in [0.1, 0.15) is 0 Å². The molecule has 1 heterocycles. The van der Waals surface area contributed by atoms with Crippen LogP contribution in [-0.4, -0.2) is 41.5 Å². The molecule has 4 nitrogen and oxygen atoms in total. The number of likely N-dealkylation sites (tertiary alicyclic amines) is 1. The van der Waals surface area contributed by atoms with E-state index < -0.39 is 5.54 Å². The molecule has 1 saturated heterocycles. The zero-order valence-electron chi connectivity index (χ0n) is 11.4. The fourth-order valence-corrected chi connectivity index (χ4v) is 2.80. The molecule has 0 atom stereocenters. The third-order valence-electron chi connectivity index (χ3n) is 3.75. The largest absolute Gasteiger partial charge is 0.391 e. The van der Waals surface area contributed by atoms with Gasteiger partial charge in [0.05, 0.1) is 10.5 Å². The Balaban J connectivity index is 2.17. The van der Waals surface area contributed by atoms with Crippen molar-refractivity contribution in [3.63, 3.8) is 0 Å². The Bertz CT molecular complexity index is 527. The number of thiocarbonyl (C=S) groups is 1. The molecular formula is C14H18ClN3OS. The predicted molar refractivity (Wildman–Crippen MR) is 85.2 cm³/mol. The lowest BCUT2D eigenvalue weighted by atomic mass is 9.87. The monoisotopic (exact) mass is 311 g/mol. The van der Waals surface area contributed by atoms with Gasteiger partial charge in [-0.25, -0.2) is 0 Å². The minimum atomic E-state index is -0.596. The van der Waals surface area contributed by atoms with Crippen LogP contribution in [0.1, 0.15) is 23.2 Å². The molecular weight excluding hydrogens is 294 g/mol. The third kappa shape index (κ3) is 3.29. The van der Waals surface area contributed by atoms with E-state index >= 15 is 0 Å². The smallest absolute Gasteiger partial charge is 0.252 e. The Morgan fingerprint density at radius 2 is 2.10 bits per heavy atom. The highest BCUT2D eigenvalue weighted by Crippen LogP contribution is 2.23. The van der Waals surface area contributed by atoms with Crippen molar-refractivity contribution in [1.82, 2.24) is 10.2 Å². The predicted octanol–water partition coefficient (Wildman–Crippen LogP) is 1.82. The summed E-state index contributed by atoms with van der Waals surface area (Å²) in [5, 5.41) is 3.54. The van der Waals surface area contributed by atoms with Gasteiger partial charge in [-0.15, -0.1) is 0 Å². The van der Waals surface area contributed by atoms with Crippen molar-refractivity contribution in [3.8, 4) is 0 Å². The molecule has 0 radical (unpaired) electrons. The van der Waals surface area contributed by atoms with Crippen LogP contribution in [0.5, 0.6) is 0 Å². The molecule has 3 N–H and O–H groups in total. The van der Waals surface area contributed by atoms with Crippen LogP contribution >= 0.6 is 23.8 Å². The minimum Gasteiger partial charge on any atom is -0.391 e. The van der Waals surface area contributed by atoms with Crippen LogP contribution < -0.4 is 11.1 Å². The van der Waals surface area contributed by atoms with E-state index in [9.17, 15) is 4.79 Å². The number of nitrogens with one attached hydrogen (secondary N) is 1. The molecule has 1 aromatic rings. The molecule has 0 aliphatic carbocycles. The number of carbonyl (C=O) groups is 1. The van der Waals surface area contributed by atoms with E-state index in [-0.39, 0.29) is 5.91 Å². The van der Waals surface area contributed by atoms with Crippen LogP contribution in [0.2, 0.25) is 5.02 Å². The lowest BCUT2D eigenvalue weighted by Crippen LogP contribution is -2.61. The summed E-state index contributed by atoms with van der Waals surface area (Å²) in [6.07, 6.45) is 1.45. The summed E-state index contributed by atoms with van der Waals surface area (Å²) in [5.74, 6) is -0.190. The molecule has 1 aliphatic rings. The topological polar surface area (TPSA) is 58.4 Å². The van der Waals surface area contributed by atoms with E-state index in [0.717, 1.165) is 25.9 Å². The fraction of sp³-hybridized carbons (Fsp3) is 0.429. The number of carbonyl (C=O) groups excluding carboxylic acids is 1. The van der Waals surface area contributed by atoms with E-state index in [1.165, 1.54) is 0 Å². The van der Waals surface area contributed by atoms with Gasteiger partial charge in [0.25, 0.3) is 5.91 Å². The van der Waals surface area contributed by atoms with Gasteiger partial charge in [-0.1, -0.05) is 29.9 Å². The van der Waals surface area contributed by atoms with E-state index in [0.29, 0.717) is 15.6 Å². The van der Waals surface area contributed by atoms with E-state index in [4.69, 9.17) is 29.6 Å². The van der Waals surface area contributed by atoms with Crippen molar-refractivity contribution in [2.45, 2.75) is 18.4 Å². The maximum atomic E-state index is 12.4. The first-order valence-corrected chi connectivity index (χ1v) is 7.28. The van der Waals surface area contributed by atoms with Crippen LogP contribution in [0.25, 0.3) is 0 Å². The maximum absolute atomic E-state index is 12.4. The van der Waals surface area contributed by atoms with Crippen LogP contribution in [0, 0.1) is 0 Å². The lowest BCUT2D eigenvalue weighted by molar-refractivity contribution is 0.0890. The van der Waals surface area contributed by atoms with Crippen molar-refractivity contribution in [1.29, 1.82) is 0 Å². The number of amides is 1. The highest BCUT2D eigenvalue weighted by atomic mass is 35.5. The first-order valence-electron chi connectivity index (χ1n) is 6.49. The van der Waals surface area contributed by atoms with Crippen molar-refractivity contribution >= 4 is 34.7 Å². The Morgan fingerprint density at radius 3 is 2.65 bits per heavy atom. The highest BCUT2D eigenvalue weighted by Gasteiger charge is 2.38. The summed E-state index contributed by atoms with van der Waals surface area (Å²) >= 11 is 11.1. The molecule has 0 aromatic heterocycles. The Morgan fingerprint density at radius 1 is 1.45 bits per heavy atom. The summed E-state index contributed by atoms with van der Waals surface area (Å²) in [5.41, 5.74) is 5.80. The quantitative estimate of drug-likeness (QED) is 0.836. The number of hydrogen-bond donors (Lipinski definition) is 2. The molecule has 6 heteroatoms. The molecule has 2 rings (SSSR count). The lowest BCUT2D eigenvalue weighted by Gasteiger charge is -2.40. The van der Waals surface area contributed by atoms with Crippen molar-refractivity contribution in [3.05, 3.63) is 34.9 Å². The molecule has 0 unspecified atom stereocenters. The second kappa shape index (κ2) is 6.08. The first kappa shape index (κ1) is 15.2. The van der Waals surface area contributed by atoms with Crippen molar-refractivity contribution in [2.75, 3.05) is 20.1 Å². The second-order valence-electron chi connectivity index (χ2n) is 5.21. The average Bonchev–Trinajstić information content (AvgIpc) is 2.41. The van der Waals surface area contributed by atoms with Crippen molar-refractivity contribution < 1.29 is 4.79 Å². The normalized spacial score (nSPS) is 18.5. The number of hydrogen-bond acceptors (Lipinski definition) is 3. The standard InChI is InChI=1S/C14H18ClN3OS/c1-18-7-5-14(6-8-18,13(16)20)17-12(19)10-3-2-4-11(15)9-10/h2-4,9H,5-8H2,1H3,(H2,16,20)(H,17,19). The molecule has 1 aliphatic heterocycles. The summed E-state index contributed by atoms with van der Waals surface area (Å²) in [7, 11) is 2.04. The molecule has 0 spiro atoms. The summed E-state index contributed by atoms with van der Waals surface area (Å²) < 4.78 is 0. The second-order valence-corrected chi connectivity index (χ2v) is 6.09. The van der Waals surface area contributed by atoms with Crippen LogP contribution in [-0.2, 0) is 0 Å². The minimum absolute atomic E-state index is 0.190. The van der Waals surface area contributed by atoms with Gasteiger partial charge in [0.2, 0.25) is 0 Å². The fourth-order valence-electron chi connectivity index (χ4n) is 2.35. The van der Waals surface area contributed by atoms with Gasteiger partial charge in [0.15, 0.2) is 0 Å². The van der Waals surface area contributed by atoms with E-state index in [1.54, 1.807) is 24.3 Å². The zero-order valence-corrected chi connectivity index (χ0v) is 12.9. The molecule has 1 aromatic carbocycles. The van der Waals surface area contributed by atoms with Gasteiger partial charge in [-0.2, -0.15) is 0 Å². The molecule has 20 heavy (non-hydrogen) atoms. The zero-order chi connectivity index (χ0) is 14.8. The Kier molecular flexibility index (Phi) is 4.62. The van der Waals surface area contributed by atoms with Gasteiger partial charge < -0.3 is 16.0 Å². The SMILES string of the molecule is CN1CCC(NC(=O)c2cccc(Cl)c2)(C(N)=S)CC1. The molecule has 0 bridgehead atoms. The van der Waals surface area contributed by atoms with Crippen LogP contribution in [0.15, 0.2) is 24.3 Å². The number of nitrogens with zero attached hydrogens (tertiary/aromatic N) is 1. The molecule has 108 valence electrons. The van der Waals surface area contributed by atoms with Crippen molar-refractivity contribution in [2.24, 2.45) is 5.73 Å². The summed E-state index contributed by atoms with van der Waals surface area (Å²) in [6.45, 7) is 1.71. The first-order chi connectivity index (χ1) is 9.43. The summed E-state index contributed by atoms with van der Waals surface area (Å²) in [6, 6.07) is 6.85. The van der Waals surface area contributed by atoms with Gasteiger partial charge in [-0.3, -0.25) is 4.79 Å².